The molecule has 0 aliphatic heterocycles. The van der Waals surface area contributed by atoms with Crippen LogP contribution in [0.3, 0.4) is 0 Å². The van der Waals surface area contributed by atoms with Crippen LogP contribution >= 0.6 is 23.2 Å². The number of nitrogens with zero attached hydrogens (tertiary/aromatic N) is 3. The second-order valence-electron chi connectivity index (χ2n) is 7.28. The van der Waals surface area contributed by atoms with Gasteiger partial charge in [0.25, 0.3) is 5.56 Å². The lowest BCUT2D eigenvalue weighted by Gasteiger charge is -2.16. The van der Waals surface area contributed by atoms with E-state index in [4.69, 9.17) is 27.9 Å². The van der Waals surface area contributed by atoms with E-state index in [1.807, 2.05) is 0 Å². The highest BCUT2D eigenvalue weighted by molar-refractivity contribution is 6.31. The van der Waals surface area contributed by atoms with Crippen LogP contribution in [-0.4, -0.2) is 19.3 Å². The third-order valence-corrected chi connectivity index (χ3v) is 5.45. The number of aromatic amines is 1. The second-order valence-corrected chi connectivity index (χ2v) is 8.15. The fourth-order valence-corrected chi connectivity index (χ4v) is 3.57. The summed E-state index contributed by atoms with van der Waals surface area (Å²) in [4.78, 5) is 24.6. The van der Waals surface area contributed by atoms with Crippen molar-refractivity contribution in [1.82, 2.24) is 19.3 Å². The summed E-state index contributed by atoms with van der Waals surface area (Å²) in [6.07, 6.45) is -3.89. The fourth-order valence-electron chi connectivity index (χ4n) is 3.22. The summed E-state index contributed by atoms with van der Waals surface area (Å²) in [6.45, 7) is -0.256. The van der Waals surface area contributed by atoms with E-state index in [0.717, 1.165) is 21.4 Å². The molecule has 0 unspecified atom stereocenters. The Morgan fingerprint density at radius 1 is 1.00 bits per heavy atom. The molecule has 0 saturated carbocycles. The van der Waals surface area contributed by atoms with Crippen LogP contribution in [0.5, 0.6) is 11.5 Å². The van der Waals surface area contributed by atoms with Crippen LogP contribution in [0.2, 0.25) is 10.0 Å². The average Bonchev–Trinajstić information content (AvgIpc) is 3.08. The number of pyridine rings is 1. The first kappa shape index (κ1) is 23.7. The van der Waals surface area contributed by atoms with Gasteiger partial charge >= 0.3 is 11.9 Å². The van der Waals surface area contributed by atoms with Crippen LogP contribution < -0.4 is 16.0 Å². The summed E-state index contributed by atoms with van der Waals surface area (Å²) in [5.74, 6) is -0.851. The molecule has 34 heavy (non-hydrogen) atoms. The summed E-state index contributed by atoms with van der Waals surface area (Å²) in [5, 5.41) is 6.69. The zero-order chi connectivity index (χ0) is 24.6. The Kier molecular flexibility index (Phi) is 6.28. The van der Waals surface area contributed by atoms with Crippen molar-refractivity contribution in [2.45, 2.75) is 12.7 Å². The normalized spacial score (nSPS) is 11.6. The minimum absolute atomic E-state index is 0.0648. The Bertz CT molecular complexity index is 1470. The first-order valence-electron chi connectivity index (χ1n) is 9.68. The molecule has 4 aromatic rings. The van der Waals surface area contributed by atoms with E-state index < -0.39 is 28.7 Å². The average molecular weight is 511 g/mol. The van der Waals surface area contributed by atoms with Crippen LogP contribution in [0.4, 0.5) is 13.2 Å². The Labute approximate surface area is 199 Å². The summed E-state index contributed by atoms with van der Waals surface area (Å²) >= 11 is 12.1. The molecule has 0 aliphatic rings. The first-order chi connectivity index (χ1) is 16.0. The van der Waals surface area contributed by atoms with Crippen molar-refractivity contribution in [2.75, 3.05) is 0 Å². The standard InChI is InChI=1S/C22H15Cl2F3N4O3/c1-30-18(28-29-21(30)33)11-31-7-6-17(22(25,26)27)19(20(31)32)34-16-9-13(8-15(24)10-16)12-2-4-14(23)5-3-12/h2-10H,11H2,1H3,(H,29,33). The highest BCUT2D eigenvalue weighted by atomic mass is 35.5. The second kappa shape index (κ2) is 9.03. The molecule has 1 N–H and O–H groups in total. The van der Waals surface area contributed by atoms with Crippen molar-refractivity contribution >= 4 is 23.2 Å². The zero-order valence-electron chi connectivity index (χ0n) is 17.4. The summed E-state index contributed by atoms with van der Waals surface area (Å²) < 4.78 is 48.7. The monoisotopic (exact) mass is 510 g/mol. The highest BCUT2D eigenvalue weighted by Crippen LogP contribution is 2.37. The minimum atomic E-state index is -4.86. The Balaban J connectivity index is 1.78. The number of halogens is 5. The van der Waals surface area contributed by atoms with E-state index in [1.165, 1.54) is 19.2 Å². The molecule has 0 saturated heterocycles. The molecule has 0 amide bonds. The molecule has 2 aromatic heterocycles. The third kappa shape index (κ3) is 4.87. The topological polar surface area (TPSA) is 81.9 Å². The molecule has 0 bridgehead atoms. The lowest BCUT2D eigenvalue weighted by atomic mass is 10.1. The molecule has 2 heterocycles. The van der Waals surface area contributed by atoms with Crippen LogP contribution in [-0.2, 0) is 19.8 Å². The maximum Gasteiger partial charge on any atom is 0.420 e. The van der Waals surface area contributed by atoms with Gasteiger partial charge in [0.2, 0.25) is 5.75 Å². The number of alkyl halides is 3. The van der Waals surface area contributed by atoms with Crippen LogP contribution in [0.15, 0.2) is 64.3 Å². The van der Waals surface area contributed by atoms with Gasteiger partial charge in [0.05, 0.1) is 6.54 Å². The Morgan fingerprint density at radius 2 is 1.71 bits per heavy atom. The Morgan fingerprint density at radius 3 is 2.32 bits per heavy atom. The molecule has 0 radical (unpaired) electrons. The van der Waals surface area contributed by atoms with E-state index in [-0.39, 0.29) is 23.1 Å². The van der Waals surface area contributed by atoms with Crippen LogP contribution in [0, 0.1) is 0 Å². The van der Waals surface area contributed by atoms with Gasteiger partial charge in [-0.05, 0) is 47.5 Å². The molecule has 0 fully saturated rings. The number of hydrogen-bond acceptors (Lipinski definition) is 4. The van der Waals surface area contributed by atoms with Crippen molar-refractivity contribution in [3.8, 4) is 22.6 Å². The molecular formula is C22H15Cl2F3N4O3. The SMILES string of the molecule is Cn1c(Cn2ccc(C(F)(F)F)c(Oc3cc(Cl)cc(-c4ccc(Cl)cc4)c3)c2=O)n[nH]c1=O. The molecule has 176 valence electrons. The zero-order valence-corrected chi connectivity index (χ0v) is 18.9. The van der Waals surface area contributed by atoms with Crippen molar-refractivity contribution in [3.05, 3.63) is 97.0 Å². The number of H-pyrrole nitrogens is 1. The van der Waals surface area contributed by atoms with E-state index >= 15 is 0 Å². The molecule has 12 heteroatoms. The quantitative estimate of drug-likeness (QED) is 0.404. The number of hydrogen-bond donors (Lipinski definition) is 1. The first-order valence-corrected chi connectivity index (χ1v) is 10.4. The van der Waals surface area contributed by atoms with Gasteiger partial charge < -0.3 is 9.30 Å². The molecule has 0 atom stereocenters. The van der Waals surface area contributed by atoms with Crippen molar-refractivity contribution < 1.29 is 17.9 Å². The Hall–Kier alpha value is -3.50. The highest BCUT2D eigenvalue weighted by Gasteiger charge is 2.36. The van der Waals surface area contributed by atoms with Gasteiger partial charge in [-0.3, -0.25) is 9.36 Å². The van der Waals surface area contributed by atoms with Crippen molar-refractivity contribution in [3.63, 3.8) is 0 Å². The third-order valence-electron chi connectivity index (χ3n) is 4.98. The lowest BCUT2D eigenvalue weighted by molar-refractivity contribution is -0.138. The van der Waals surface area contributed by atoms with Gasteiger partial charge in [-0.2, -0.15) is 18.3 Å². The van der Waals surface area contributed by atoms with E-state index in [1.54, 1.807) is 30.3 Å². The predicted octanol–water partition coefficient (Wildman–Crippen LogP) is 5.10. The minimum Gasteiger partial charge on any atom is -0.451 e. The van der Waals surface area contributed by atoms with Gasteiger partial charge in [-0.15, -0.1) is 0 Å². The fraction of sp³-hybridized carbons (Fsp3) is 0.136. The van der Waals surface area contributed by atoms with Crippen molar-refractivity contribution in [1.29, 1.82) is 0 Å². The van der Waals surface area contributed by atoms with Gasteiger partial charge in [-0.1, -0.05) is 35.3 Å². The van der Waals surface area contributed by atoms with Gasteiger partial charge in [0, 0.05) is 23.3 Å². The molecule has 7 nitrogen and oxygen atoms in total. The lowest BCUT2D eigenvalue weighted by Crippen LogP contribution is -2.26. The molecule has 0 aliphatic carbocycles. The number of nitrogens with one attached hydrogen (secondary N) is 1. The largest absolute Gasteiger partial charge is 0.451 e. The number of ether oxygens (including phenoxy) is 1. The van der Waals surface area contributed by atoms with Gasteiger partial charge in [0.1, 0.15) is 11.3 Å². The van der Waals surface area contributed by atoms with Gasteiger partial charge in [0.15, 0.2) is 5.82 Å². The maximum absolute atomic E-state index is 13.7. The van der Waals surface area contributed by atoms with Gasteiger partial charge in [-0.25, -0.2) is 9.89 Å². The number of rotatable bonds is 5. The van der Waals surface area contributed by atoms with E-state index in [2.05, 4.69) is 10.2 Å². The smallest absolute Gasteiger partial charge is 0.420 e. The number of benzene rings is 2. The summed E-state index contributed by atoms with van der Waals surface area (Å²) in [6, 6.07) is 11.8. The molecule has 4 rings (SSSR count). The predicted molar refractivity (Wildman–Crippen MR) is 121 cm³/mol. The van der Waals surface area contributed by atoms with Crippen LogP contribution in [0.1, 0.15) is 11.4 Å². The van der Waals surface area contributed by atoms with E-state index in [0.29, 0.717) is 16.1 Å². The van der Waals surface area contributed by atoms with Crippen LogP contribution in [0.25, 0.3) is 11.1 Å². The molecule has 0 spiro atoms. The summed E-state index contributed by atoms with van der Waals surface area (Å²) in [7, 11) is 1.41. The van der Waals surface area contributed by atoms with E-state index in [9.17, 15) is 22.8 Å². The molecular weight excluding hydrogens is 496 g/mol. The summed E-state index contributed by atoms with van der Waals surface area (Å²) in [5.41, 5.74) is -1.59. The molecule has 2 aromatic carbocycles. The number of aromatic nitrogens is 4. The van der Waals surface area contributed by atoms with Crippen molar-refractivity contribution in [2.24, 2.45) is 7.05 Å². The maximum atomic E-state index is 13.7.